The van der Waals surface area contributed by atoms with Gasteiger partial charge in [0.05, 0.1) is 0 Å². The molecule has 1 aliphatic rings. The Morgan fingerprint density at radius 1 is 1.07 bits per heavy atom. The summed E-state index contributed by atoms with van der Waals surface area (Å²) in [6.07, 6.45) is 0. The summed E-state index contributed by atoms with van der Waals surface area (Å²) in [4.78, 5) is 16.7. The molecule has 1 fully saturated rings. The quantitative estimate of drug-likeness (QED) is 0.800. The summed E-state index contributed by atoms with van der Waals surface area (Å²) >= 11 is 5.93. The van der Waals surface area contributed by atoms with Crippen LogP contribution < -0.4 is 10.5 Å². The van der Waals surface area contributed by atoms with E-state index in [9.17, 15) is 4.79 Å². The van der Waals surface area contributed by atoms with Gasteiger partial charge in [0.1, 0.15) is 5.75 Å². The molecule has 0 spiro atoms. The van der Waals surface area contributed by atoms with Gasteiger partial charge in [-0.3, -0.25) is 9.69 Å². The van der Waals surface area contributed by atoms with Gasteiger partial charge < -0.3 is 15.4 Å². The highest BCUT2D eigenvalue weighted by Crippen LogP contribution is 2.24. The van der Waals surface area contributed by atoms with E-state index in [2.05, 4.69) is 4.90 Å². The molecule has 144 valence electrons. The normalized spacial score (nSPS) is 15.0. The number of carbonyl (C=O) groups is 1. The Kier molecular flexibility index (Phi) is 6.24. The summed E-state index contributed by atoms with van der Waals surface area (Å²) in [6.45, 7) is 7.95. The summed E-state index contributed by atoms with van der Waals surface area (Å²) in [6, 6.07) is 11.7. The first-order valence-electron chi connectivity index (χ1n) is 9.16. The molecule has 2 N–H and O–H groups in total. The van der Waals surface area contributed by atoms with Gasteiger partial charge in [0.15, 0.2) is 6.61 Å². The topological polar surface area (TPSA) is 58.8 Å². The van der Waals surface area contributed by atoms with E-state index in [4.69, 9.17) is 22.1 Å². The van der Waals surface area contributed by atoms with Crippen molar-refractivity contribution in [2.45, 2.75) is 20.4 Å². The molecular formula is C21H26ClN3O2. The molecule has 0 saturated carbocycles. The number of nitrogen functional groups attached to an aromatic ring is 1. The molecule has 1 saturated heterocycles. The minimum absolute atomic E-state index is 0.0232. The molecule has 1 heterocycles. The van der Waals surface area contributed by atoms with Crippen LogP contribution in [0.5, 0.6) is 5.75 Å². The largest absolute Gasteiger partial charge is 0.483 e. The fourth-order valence-electron chi connectivity index (χ4n) is 3.20. The van der Waals surface area contributed by atoms with Crippen LogP contribution in [0.4, 0.5) is 5.69 Å². The summed E-state index contributed by atoms with van der Waals surface area (Å²) in [5.74, 6) is 0.742. The number of anilines is 1. The monoisotopic (exact) mass is 387 g/mol. The van der Waals surface area contributed by atoms with E-state index >= 15 is 0 Å². The summed E-state index contributed by atoms with van der Waals surface area (Å²) in [7, 11) is 0. The minimum atomic E-state index is 0.0232. The van der Waals surface area contributed by atoms with E-state index in [1.807, 2.05) is 55.1 Å². The molecule has 3 rings (SSSR count). The van der Waals surface area contributed by atoms with Crippen molar-refractivity contribution in [3.63, 3.8) is 0 Å². The molecule has 6 heteroatoms. The zero-order valence-corrected chi connectivity index (χ0v) is 16.6. The Bertz CT molecular complexity index is 800. The van der Waals surface area contributed by atoms with E-state index in [1.165, 1.54) is 5.56 Å². The fourth-order valence-corrected chi connectivity index (χ4v) is 3.33. The average molecular weight is 388 g/mol. The second-order valence-electron chi connectivity index (χ2n) is 7.05. The van der Waals surface area contributed by atoms with Crippen molar-refractivity contribution in [2.24, 2.45) is 0 Å². The summed E-state index contributed by atoms with van der Waals surface area (Å²) in [5, 5.41) is 0.751. The van der Waals surface area contributed by atoms with E-state index in [0.29, 0.717) is 0 Å². The molecule has 1 amide bonds. The molecule has 2 aromatic carbocycles. The predicted octanol–water partition coefficient (Wildman–Crippen LogP) is 3.26. The second-order valence-corrected chi connectivity index (χ2v) is 7.48. The van der Waals surface area contributed by atoms with Crippen LogP contribution in [0.3, 0.4) is 0 Å². The molecular weight excluding hydrogens is 362 g/mol. The number of aryl methyl sites for hydroxylation is 2. The lowest BCUT2D eigenvalue weighted by Gasteiger charge is -2.34. The number of ether oxygens (including phenoxy) is 1. The molecule has 0 aliphatic carbocycles. The first-order valence-corrected chi connectivity index (χ1v) is 9.54. The second kappa shape index (κ2) is 8.63. The highest BCUT2D eigenvalue weighted by molar-refractivity contribution is 6.30. The standard InChI is InChI=1S/C21H26ClN3O2/c1-15-12-20(16(2)11-19(15)23)27-14-21(26)25-9-7-24(8-10-25)13-17-3-5-18(22)6-4-17/h3-6,11-12H,7-10,13-14,23H2,1-2H3. The molecule has 0 aromatic heterocycles. The van der Waals surface area contributed by atoms with Crippen LogP contribution in [0.1, 0.15) is 16.7 Å². The number of carbonyl (C=O) groups excluding carboxylic acids is 1. The number of nitrogens with zero attached hydrogens (tertiary/aromatic N) is 2. The third kappa shape index (κ3) is 5.15. The van der Waals surface area contributed by atoms with Crippen molar-refractivity contribution in [1.29, 1.82) is 0 Å². The van der Waals surface area contributed by atoms with E-state index in [-0.39, 0.29) is 12.5 Å². The smallest absolute Gasteiger partial charge is 0.260 e. The third-order valence-corrected chi connectivity index (χ3v) is 5.21. The molecule has 5 nitrogen and oxygen atoms in total. The molecule has 1 aliphatic heterocycles. The molecule has 0 unspecified atom stereocenters. The number of hydrogen-bond acceptors (Lipinski definition) is 4. The van der Waals surface area contributed by atoms with Gasteiger partial charge in [0.25, 0.3) is 5.91 Å². The summed E-state index contributed by atoms with van der Waals surface area (Å²) in [5.41, 5.74) is 9.77. The number of piperazine rings is 1. The number of amides is 1. The first-order chi connectivity index (χ1) is 12.9. The van der Waals surface area contributed by atoms with Crippen LogP contribution in [0.2, 0.25) is 5.02 Å². The maximum Gasteiger partial charge on any atom is 0.260 e. The number of benzene rings is 2. The molecule has 0 bridgehead atoms. The van der Waals surface area contributed by atoms with Gasteiger partial charge in [0.2, 0.25) is 0 Å². The SMILES string of the molecule is Cc1cc(OCC(=O)N2CCN(Cc3ccc(Cl)cc3)CC2)c(C)cc1N. The number of rotatable bonds is 5. The summed E-state index contributed by atoms with van der Waals surface area (Å²) < 4.78 is 5.75. The van der Waals surface area contributed by atoms with Gasteiger partial charge in [0, 0.05) is 43.4 Å². The van der Waals surface area contributed by atoms with Crippen molar-refractivity contribution in [1.82, 2.24) is 9.80 Å². The minimum Gasteiger partial charge on any atom is -0.483 e. The third-order valence-electron chi connectivity index (χ3n) is 4.96. The lowest BCUT2D eigenvalue weighted by atomic mass is 10.1. The van der Waals surface area contributed by atoms with Crippen molar-refractivity contribution in [3.05, 3.63) is 58.1 Å². The van der Waals surface area contributed by atoms with Crippen LogP contribution in [0, 0.1) is 13.8 Å². The Labute approximate surface area is 165 Å². The van der Waals surface area contributed by atoms with Gasteiger partial charge in [-0.2, -0.15) is 0 Å². The van der Waals surface area contributed by atoms with Crippen LogP contribution >= 0.6 is 11.6 Å². The zero-order valence-electron chi connectivity index (χ0n) is 15.9. The lowest BCUT2D eigenvalue weighted by Crippen LogP contribution is -2.49. The lowest BCUT2D eigenvalue weighted by molar-refractivity contribution is -0.135. The van der Waals surface area contributed by atoms with E-state index in [1.54, 1.807) is 0 Å². The van der Waals surface area contributed by atoms with Gasteiger partial charge >= 0.3 is 0 Å². The molecule has 0 atom stereocenters. The van der Waals surface area contributed by atoms with Gasteiger partial charge in [-0.05, 0) is 54.8 Å². The van der Waals surface area contributed by atoms with Gasteiger partial charge in [-0.1, -0.05) is 23.7 Å². The highest BCUT2D eigenvalue weighted by Gasteiger charge is 2.21. The average Bonchev–Trinajstić information content (AvgIpc) is 2.66. The Morgan fingerprint density at radius 3 is 2.41 bits per heavy atom. The van der Waals surface area contributed by atoms with Crippen molar-refractivity contribution in [3.8, 4) is 5.75 Å². The molecule has 0 radical (unpaired) electrons. The molecule has 27 heavy (non-hydrogen) atoms. The van der Waals surface area contributed by atoms with Crippen molar-refractivity contribution in [2.75, 3.05) is 38.5 Å². The van der Waals surface area contributed by atoms with Crippen LogP contribution in [0.25, 0.3) is 0 Å². The van der Waals surface area contributed by atoms with Crippen LogP contribution in [-0.2, 0) is 11.3 Å². The van der Waals surface area contributed by atoms with E-state index < -0.39 is 0 Å². The van der Waals surface area contributed by atoms with E-state index in [0.717, 1.165) is 60.3 Å². The Morgan fingerprint density at radius 2 is 1.74 bits per heavy atom. The highest BCUT2D eigenvalue weighted by atomic mass is 35.5. The Balaban J connectivity index is 1.47. The maximum absolute atomic E-state index is 12.5. The molecule has 2 aromatic rings. The number of nitrogens with two attached hydrogens (primary N) is 1. The van der Waals surface area contributed by atoms with Gasteiger partial charge in [-0.15, -0.1) is 0 Å². The van der Waals surface area contributed by atoms with Crippen molar-refractivity contribution < 1.29 is 9.53 Å². The van der Waals surface area contributed by atoms with Crippen LogP contribution in [0.15, 0.2) is 36.4 Å². The predicted molar refractivity (Wildman–Crippen MR) is 109 cm³/mol. The Hall–Kier alpha value is -2.24. The first kappa shape index (κ1) is 19.5. The zero-order chi connectivity index (χ0) is 19.4. The number of hydrogen-bond donors (Lipinski definition) is 1. The maximum atomic E-state index is 12.5. The van der Waals surface area contributed by atoms with Gasteiger partial charge in [-0.25, -0.2) is 0 Å². The van der Waals surface area contributed by atoms with Crippen LogP contribution in [-0.4, -0.2) is 48.5 Å². The van der Waals surface area contributed by atoms with Crippen molar-refractivity contribution >= 4 is 23.2 Å². The fraction of sp³-hybridized carbons (Fsp3) is 0.381. The number of halogens is 1.